The summed E-state index contributed by atoms with van der Waals surface area (Å²) < 4.78 is 0. The second-order valence-electron chi connectivity index (χ2n) is 7.97. The van der Waals surface area contributed by atoms with Gasteiger partial charge in [-0.05, 0) is 84.3 Å². The molecule has 6 nitrogen and oxygen atoms in total. The number of benzene rings is 2. The smallest absolute Gasteiger partial charge is 0.316 e. The third kappa shape index (κ3) is 7.61. The molecule has 1 N–H and O–H groups in total. The predicted octanol–water partition coefficient (Wildman–Crippen LogP) is 3.10. The lowest BCUT2D eigenvalue weighted by Crippen LogP contribution is -2.41. The molecule has 0 aromatic heterocycles. The van der Waals surface area contributed by atoms with Crippen molar-refractivity contribution >= 4 is 23.2 Å². The van der Waals surface area contributed by atoms with Crippen molar-refractivity contribution < 1.29 is 9.59 Å². The zero-order valence-corrected chi connectivity index (χ0v) is 18.6. The summed E-state index contributed by atoms with van der Waals surface area (Å²) in [6, 6.07) is 17.0. The van der Waals surface area contributed by atoms with Crippen molar-refractivity contribution in [3.05, 3.63) is 60.2 Å². The maximum Gasteiger partial charge on any atom is 0.316 e. The van der Waals surface area contributed by atoms with Gasteiger partial charge in [0, 0.05) is 17.9 Å². The minimum absolute atomic E-state index is 0.490. The Kier molecular flexibility index (Phi) is 9.51. The quantitative estimate of drug-likeness (QED) is 0.612. The summed E-state index contributed by atoms with van der Waals surface area (Å²) in [5, 5.41) is 2.72. The van der Waals surface area contributed by atoms with Gasteiger partial charge in [-0.1, -0.05) is 36.4 Å². The third-order valence-corrected chi connectivity index (χ3v) is 4.79. The number of nitrogens with zero attached hydrogens (tertiary/aromatic N) is 3. The molecule has 2 aromatic rings. The van der Waals surface area contributed by atoms with Gasteiger partial charge < -0.3 is 20.0 Å². The number of carbonyl (C=O) groups excluding carboxylic acids is 2. The number of amides is 2. The third-order valence-electron chi connectivity index (χ3n) is 4.79. The fourth-order valence-electron chi connectivity index (χ4n) is 3.28. The van der Waals surface area contributed by atoms with Crippen molar-refractivity contribution in [2.75, 3.05) is 58.0 Å². The summed E-state index contributed by atoms with van der Waals surface area (Å²) in [5.41, 5.74) is 2.52. The number of carbonyl (C=O) groups is 2. The van der Waals surface area contributed by atoms with E-state index in [1.54, 1.807) is 17.0 Å². The molecule has 0 aliphatic heterocycles. The van der Waals surface area contributed by atoms with Crippen LogP contribution >= 0.6 is 0 Å². The van der Waals surface area contributed by atoms with Gasteiger partial charge in [0.2, 0.25) is 0 Å². The number of hydrogen-bond donors (Lipinski definition) is 1. The molecule has 2 aromatic carbocycles. The van der Waals surface area contributed by atoms with E-state index in [0.717, 1.165) is 43.6 Å². The monoisotopic (exact) mass is 410 g/mol. The largest absolute Gasteiger partial charge is 0.318 e. The highest BCUT2D eigenvalue weighted by atomic mass is 16.2. The Morgan fingerprint density at radius 1 is 0.767 bits per heavy atom. The van der Waals surface area contributed by atoms with Crippen LogP contribution in [0.2, 0.25) is 0 Å². The summed E-state index contributed by atoms with van der Waals surface area (Å²) in [6.45, 7) is 2.30. The lowest BCUT2D eigenvalue weighted by molar-refractivity contribution is -0.134. The first-order chi connectivity index (χ1) is 14.4. The summed E-state index contributed by atoms with van der Waals surface area (Å²) in [6.07, 6.45) is 2.62. The standard InChI is InChI=1S/C24H34N4O2/c1-26(2)17-10-13-20-12-8-9-16-22(20)28(19-11-18-27(3)4)24(30)23(29)25-21-14-6-5-7-15-21/h5-9,12,14-16H,10-11,13,17-19H2,1-4H3,(H,25,29). The number of aryl methyl sites for hydroxylation is 1. The minimum atomic E-state index is -0.617. The molecule has 0 fully saturated rings. The van der Waals surface area contributed by atoms with Crippen LogP contribution in [0.1, 0.15) is 18.4 Å². The summed E-state index contributed by atoms with van der Waals surface area (Å²) >= 11 is 0. The molecule has 0 radical (unpaired) electrons. The molecule has 162 valence electrons. The van der Waals surface area contributed by atoms with Crippen LogP contribution in [0.4, 0.5) is 11.4 Å². The molecule has 0 bridgehead atoms. The molecular formula is C24H34N4O2. The summed E-state index contributed by atoms with van der Waals surface area (Å²) in [4.78, 5) is 31.7. The topological polar surface area (TPSA) is 55.9 Å². The molecule has 0 unspecified atom stereocenters. The maximum absolute atomic E-state index is 13.2. The van der Waals surface area contributed by atoms with Crippen LogP contribution in [0.5, 0.6) is 0 Å². The molecule has 2 amide bonds. The van der Waals surface area contributed by atoms with Crippen molar-refractivity contribution in [3.8, 4) is 0 Å². The molecular weight excluding hydrogens is 376 g/mol. The zero-order valence-electron chi connectivity index (χ0n) is 18.6. The molecule has 30 heavy (non-hydrogen) atoms. The van der Waals surface area contributed by atoms with E-state index < -0.39 is 11.8 Å². The molecule has 0 saturated heterocycles. The average molecular weight is 411 g/mol. The predicted molar refractivity (Wildman–Crippen MR) is 124 cm³/mol. The number of nitrogens with one attached hydrogen (secondary N) is 1. The first-order valence-corrected chi connectivity index (χ1v) is 10.4. The van der Waals surface area contributed by atoms with Crippen molar-refractivity contribution in [2.45, 2.75) is 19.3 Å². The Balaban J connectivity index is 2.21. The van der Waals surface area contributed by atoms with Gasteiger partial charge in [-0.15, -0.1) is 0 Å². The second-order valence-corrected chi connectivity index (χ2v) is 7.97. The van der Waals surface area contributed by atoms with E-state index in [2.05, 4.69) is 29.2 Å². The lowest BCUT2D eigenvalue weighted by atomic mass is 10.1. The Hall–Kier alpha value is -2.70. The van der Waals surface area contributed by atoms with Gasteiger partial charge in [-0.3, -0.25) is 9.59 Å². The first-order valence-electron chi connectivity index (χ1n) is 10.4. The molecule has 0 saturated carbocycles. The molecule has 0 spiro atoms. The highest BCUT2D eigenvalue weighted by Gasteiger charge is 2.25. The molecule has 6 heteroatoms. The number of hydrogen-bond acceptors (Lipinski definition) is 4. The van der Waals surface area contributed by atoms with Crippen molar-refractivity contribution in [1.29, 1.82) is 0 Å². The Morgan fingerprint density at radius 3 is 2.03 bits per heavy atom. The van der Waals surface area contributed by atoms with Crippen LogP contribution in [0.25, 0.3) is 0 Å². The SMILES string of the molecule is CN(C)CCCc1ccccc1N(CCCN(C)C)C(=O)C(=O)Nc1ccccc1. The van der Waals surface area contributed by atoms with Gasteiger partial charge in [-0.25, -0.2) is 0 Å². The van der Waals surface area contributed by atoms with E-state index >= 15 is 0 Å². The molecule has 0 heterocycles. The number of para-hydroxylation sites is 2. The Morgan fingerprint density at radius 2 is 1.37 bits per heavy atom. The van der Waals surface area contributed by atoms with Gasteiger partial charge in [0.05, 0.1) is 0 Å². The van der Waals surface area contributed by atoms with E-state index in [-0.39, 0.29) is 0 Å². The van der Waals surface area contributed by atoms with Gasteiger partial charge in [0.1, 0.15) is 0 Å². The van der Waals surface area contributed by atoms with Crippen LogP contribution in [-0.2, 0) is 16.0 Å². The van der Waals surface area contributed by atoms with E-state index in [9.17, 15) is 9.59 Å². The molecule has 0 atom stereocenters. The van der Waals surface area contributed by atoms with Gasteiger partial charge >= 0.3 is 11.8 Å². The van der Waals surface area contributed by atoms with Crippen molar-refractivity contribution in [1.82, 2.24) is 9.80 Å². The van der Waals surface area contributed by atoms with Crippen LogP contribution in [-0.4, -0.2) is 69.4 Å². The second kappa shape index (κ2) is 12.1. The number of anilines is 2. The van der Waals surface area contributed by atoms with Crippen LogP contribution < -0.4 is 10.2 Å². The van der Waals surface area contributed by atoms with E-state index in [0.29, 0.717) is 12.2 Å². The van der Waals surface area contributed by atoms with Crippen LogP contribution in [0, 0.1) is 0 Å². The van der Waals surface area contributed by atoms with Crippen molar-refractivity contribution in [2.24, 2.45) is 0 Å². The highest BCUT2D eigenvalue weighted by Crippen LogP contribution is 2.23. The van der Waals surface area contributed by atoms with Gasteiger partial charge in [-0.2, -0.15) is 0 Å². The average Bonchev–Trinajstić information content (AvgIpc) is 2.71. The van der Waals surface area contributed by atoms with Crippen LogP contribution in [0.3, 0.4) is 0 Å². The maximum atomic E-state index is 13.2. The Bertz CT molecular complexity index is 806. The normalized spacial score (nSPS) is 11.0. The summed E-state index contributed by atoms with van der Waals surface area (Å²) in [5.74, 6) is -1.15. The van der Waals surface area contributed by atoms with Gasteiger partial charge in [0.25, 0.3) is 0 Å². The first kappa shape index (κ1) is 23.6. The fraction of sp³-hybridized carbons (Fsp3) is 0.417. The van der Waals surface area contributed by atoms with Crippen LogP contribution in [0.15, 0.2) is 54.6 Å². The summed E-state index contributed by atoms with van der Waals surface area (Å²) in [7, 11) is 8.11. The molecule has 2 rings (SSSR count). The zero-order chi connectivity index (χ0) is 21.9. The highest BCUT2D eigenvalue weighted by molar-refractivity contribution is 6.44. The van der Waals surface area contributed by atoms with Gasteiger partial charge in [0.15, 0.2) is 0 Å². The lowest BCUT2D eigenvalue weighted by Gasteiger charge is -2.26. The van der Waals surface area contributed by atoms with Crippen molar-refractivity contribution in [3.63, 3.8) is 0 Å². The van der Waals surface area contributed by atoms with E-state index in [1.165, 1.54) is 0 Å². The molecule has 0 aliphatic carbocycles. The Labute approximate surface area is 180 Å². The van der Waals surface area contributed by atoms with E-state index in [4.69, 9.17) is 0 Å². The molecule has 0 aliphatic rings. The minimum Gasteiger partial charge on any atom is -0.318 e. The number of rotatable bonds is 10. The van der Waals surface area contributed by atoms with E-state index in [1.807, 2.05) is 56.6 Å². The fourth-order valence-corrected chi connectivity index (χ4v) is 3.28.